The standard InChI is InChI=1S/C14H19BrF2N2/c1-9(2)13-8-19(5-3-4-18-13)14-6-10(15)11(16)7-12(14)17/h6-7,9,13,18H,3-5,8H2,1-2H3. The van der Waals surface area contributed by atoms with E-state index in [4.69, 9.17) is 0 Å². The molecule has 0 aromatic heterocycles. The van der Waals surface area contributed by atoms with Gasteiger partial charge in [0.05, 0.1) is 10.2 Å². The van der Waals surface area contributed by atoms with Crippen LogP contribution in [0.2, 0.25) is 0 Å². The maximum atomic E-state index is 14.0. The molecule has 2 nitrogen and oxygen atoms in total. The Balaban J connectivity index is 2.26. The molecule has 1 unspecified atom stereocenters. The van der Waals surface area contributed by atoms with Gasteiger partial charge in [0.25, 0.3) is 0 Å². The fourth-order valence-corrected chi connectivity index (χ4v) is 2.70. The first-order chi connectivity index (χ1) is 8.99. The molecule has 1 fully saturated rings. The zero-order valence-electron chi connectivity index (χ0n) is 11.2. The molecule has 0 spiro atoms. The van der Waals surface area contributed by atoms with Gasteiger partial charge in [-0.1, -0.05) is 13.8 Å². The van der Waals surface area contributed by atoms with Crippen LogP contribution in [0.15, 0.2) is 16.6 Å². The minimum Gasteiger partial charge on any atom is -0.368 e. The van der Waals surface area contributed by atoms with Gasteiger partial charge in [-0.2, -0.15) is 0 Å². The van der Waals surface area contributed by atoms with E-state index < -0.39 is 11.6 Å². The van der Waals surface area contributed by atoms with Crippen LogP contribution in [0, 0.1) is 17.6 Å². The van der Waals surface area contributed by atoms with Crippen LogP contribution in [0.4, 0.5) is 14.5 Å². The minimum absolute atomic E-state index is 0.308. The number of hydrogen-bond donors (Lipinski definition) is 1. The smallest absolute Gasteiger partial charge is 0.149 e. The van der Waals surface area contributed by atoms with E-state index in [1.807, 2.05) is 4.90 Å². The molecule has 1 N–H and O–H groups in total. The van der Waals surface area contributed by atoms with Crippen molar-refractivity contribution in [1.82, 2.24) is 5.32 Å². The first-order valence-corrected chi connectivity index (χ1v) is 7.41. The number of nitrogens with one attached hydrogen (secondary N) is 1. The largest absolute Gasteiger partial charge is 0.368 e. The molecule has 0 amide bonds. The monoisotopic (exact) mass is 332 g/mol. The van der Waals surface area contributed by atoms with Gasteiger partial charge in [-0.05, 0) is 40.9 Å². The summed E-state index contributed by atoms with van der Waals surface area (Å²) < 4.78 is 27.6. The molecule has 19 heavy (non-hydrogen) atoms. The summed E-state index contributed by atoms with van der Waals surface area (Å²) in [5, 5.41) is 3.48. The molecule has 0 saturated carbocycles. The fraction of sp³-hybridized carbons (Fsp3) is 0.571. The molecular weight excluding hydrogens is 314 g/mol. The van der Waals surface area contributed by atoms with E-state index in [1.54, 1.807) is 0 Å². The van der Waals surface area contributed by atoms with Crippen molar-refractivity contribution in [2.75, 3.05) is 24.5 Å². The first-order valence-electron chi connectivity index (χ1n) is 6.62. The van der Waals surface area contributed by atoms with Gasteiger partial charge in [-0.25, -0.2) is 8.78 Å². The Kier molecular flexibility index (Phi) is 4.79. The average Bonchev–Trinajstić information content (AvgIpc) is 2.59. The van der Waals surface area contributed by atoms with Gasteiger partial charge in [0.15, 0.2) is 0 Å². The van der Waals surface area contributed by atoms with Crippen molar-refractivity contribution in [3.8, 4) is 0 Å². The highest BCUT2D eigenvalue weighted by atomic mass is 79.9. The SMILES string of the molecule is CC(C)C1CN(c2cc(Br)c(F)cc2F)CCCN1. The summed E-state index contributed by atoms with van der Waals surface area (Å²) in [6.45, 7) is 6.76. The third-order valence-electron chi connectivity index (χ3n) is 3.56. The van der Waals surface area contributed by atoms with E-state index in [0.29, 0.717) is 22.1 Å². The number of halogens is 3. The Labute approximate surface area is 121 Å². The molecule has 1 aliphatic heterocycles. The zero-order valence-corrected chi connectivity index (χ0v) is 12.8. The van der Waals surface area contributed by atoms with Crippen molar-refractivity contribution in [2.24, 2.45) is 5.92 Å². The van der Waals surface area contributed by atoms with Gasteiger partial charge < -0.3 is 10.2 Å². The van der Waals surface area contributed by atoms with Crippen LogP contribution in [0.5, 0.6) is 0 Å². The molecule has 106 valence electrons. The van der Waals surface area contributed by atoms with E-state index in [1.165, 1.54) is 6.07 Å². The van der Waals surface area contributed by atoms with Gasteiger partial charge in [-0.3, -0.25) is 0 Å². The van der Waals surface area contributed by atoms with Gasteiger partial charge >= 0.3 is 0 Å². The van der Waals surface area contributed by atoms with Crippen molar-refractivity contribution in [1.29, 1.82) is 0 Å². The Morgan fingerprint density at radius 3 is 2.74 bits per heavy atom. The summed E-state index contributed by atoms with van der Waals surface area (Å²) in [5.41, 5.74) is 0.475. The van der Waals surface area contributed by atoms with Crippen LogP contribution in [-0.2, 0) is 0 Å². The van der Waals surface area contributed by atoms with Gasteiger partial charge in [-0.15, -0.1) is 0 Å². The maximum absolute atomic E-state index is 14.0. The van der Waals surface area contributed by atoms with Crippen LogP contribution in [0.1, 0.15) is 20.3 Å². The predicted octanol–water partition coefficient (Wildman–Crippen LogP) is 3.55. The summed E-state index contributed by atoms with van der Waals surface area (Å²) in [5.74, 6) is -0.577. The quantitative estimate of drug-likeness (QED) is 0.833. The normalized spacial score (nSPS) is 20.7. The lowest BCUT2D eigenvalue weighted by atomic mass is 10.0. The Hall–Kier alpha value is -0.680. The fourth-order valence-electron chi connectivity index (χ4n) is 2.37. The number of anilines is 1. The van der Waals surface area contributed by atoms with Crippen molar-refractivity contribution in [3.05, 3.63) is 28.2 Å². The van der Waals surface area contributed by atoms with Crippen molar-refractivity contribution >= 4 is 21.6 Å². The summed E-state index contributed by atoms with van der Waals surface area (Å²) in [4.78, 5) is 2.00. The molecule has 1 aromatic carbocycles. The third-order valence-corrected chi connectivity index (χ3v) is 4.17. The van der Waals surface area contributed by atoms with Crippen LogP contribution in [0.25, 0.3) is 0 Å². The Morgan fingerprint density at radius 1 is 1.32 bits per heavy atom. The second-order valence-corrected chi connectivity index (χ2v) is 6.18. The van der Waals surface area contributed by atoms with Crippen molar-refractivity contribution in [3.63, 3.8) is 0 Å². The Bertz CT molecular complexity index is 451. The zero-order chi connectivity index (χ0) is 14.0. The minimum atomic E-state index is -0.561. The highest BCUT2D eigenvalue weighted by Gasteiger charge is 2.23. The van der Waals surface area contributed by atoms with Crippen LogP contribution < -0.4 is 10.2 Å². The van der Waals surface area contributed by atoms with Gasteiger partial charge in [0.1, 0.15) is 11.6 Å². The number of rotatable bonds is 2. The summed E-state index contributed by atoms with van der Waals surface area (Å²) in [7, 11) is 0. The molecule has 1 aromatic rings. The lowest BCUT2D eigenvalue weighted by molar-refractivity contribution is 0.419. The molecule has 1 saturated heterocycles. The molecule has 1 heterocycles. The molecule has 1 aliphatic rings. The molecular formula is C14H19BrF2N2. The highest BCUT2D eigenvalue weighted by molar-refractivity contribution is 9.10. The van der Waals surface area contributed by atoms with Crippen LogP contribution in [0.3, 0.4) is 0 Å². The summed E-state index contributed by atoms with van der Waals surface area (Å²) in [6.07, 6.45) is 0.956. The lowest BCUT2D eigenvalue weighted by Crippen LogP contribution is -2.41. The van der Waals surface area contributed by atoms with Crippen molar-refractivity contribution in [2.45, 2.75) is 26.3 Å². The maximum Gasteiger partial charge on any atom is 0.149 e. The number of hydrogen-bond acceptors (Lipinski definition) is 2. The van der Waals surface area contributed by atoms with E-state index in [2.05, 4.69) is 35.1 Å². The Morgan fingerprint density at radius 2 is 2.05 bits per heavy atom. The molecule has 5 heteroatoms. The third kappa shape index (κ3) is 3.45. The van der Waals surface area contributed by atoms with E-state index >= 15 is 0 Å². The van der Waals surface area contributed by atoms with Crippen LogP contribution in [-0.4, -0.2) is 25.7 Å². The summed E-state index contributed by atoms with van der Waals surface area (Å²) in [6, 6.07) is 2.81. The molecule has 1 atom stereocenters. The summed E-state index contributed by atoms with van der Waals surface area (Å²) >= 11 is 3.13. The van der Waals surface area contributed by atoms with Gasteiger partial charge in [0.2, 0.25) is 0 Å². The molecule has 0 bridgehead atoms. The molecule has 2 rings (SSSR count). The van der Waals surface area contributed by atoms with Crippen LogP contribution >= 0.6 is 15.9 Å². The molecule has 0 radical (unpaired) electrons. The molecule has 0 aliphatic carbocycles. The lowest BCUT2D eigenvalue weighted by Gasteiger charge is -2.29. The second kappa shape index (κ2) is 6.18. The number of nitrogens with zero attached hydrogens (tertiary/aromatic N) is 1. The predicted molar refractivity (Wildman–Crippen MR) is 77.5 cm³/mol. The topological polar surface area (TPSA) is 15.3 Å². The van der Waals surface area contributed by atoms with E-state index in [9.17, 15) is 8.78 Å². The second-order valence-electron chi connectivity index (χ2n) is 5.32. The van der Waals surface area contributed by atoms with E-state index in [-0.39, 0.29) is 0 Å². The number of benzene rings is 1. The van der Waals surface area contributed by atoms with Crippen molar-refractivity contribution < 1.29 is 8.78 Å². The van der Waals surface area contributed by atoms with Gasteiger partial charge in [0, 0.05) is 25.2 Å². The van der Waals surface area contributed by atoms with E-state index in [0.717, 1.165) is 32.1 Å². The highest BCUT2D eigenvalue weighted by Crippen LogP contribution is 2.28. The first kappa shape index (κ1) is 14.7. The average molecular weight is 333 g/mol.